The van der Waals surface area contributed by atoms with Crippen LogP contribution < -0.4 is 15.5 Å². The highest BCUT2D eigenvalue weighted by molar-refractivity contribution is 14.0. The van der Waals surface area contributed by atoms with Gasteiger partial charge in [-0.05, 0) is 37.0 Å². The minimum Gasteiger partial charge on any atom is -0.357 e. The number of hydrogen-bond acceptors (Lipinski definition) is 4. The number of rotatable bonds is 5. The van der Waals surface area contributed by atoms with Crippen LogP contribution in [-0.2, 0) is 11.3 Å². The summed E-state index contributed by atoms with van der Waals surface area (Å²) >= 11 is 0. The van der Waals surface area contributed by atoms with E-state index >= 15 is 0 Å². The average molecular weight is 486 g/mol. The Balaban J connectivity index is 0.00000261. The highest BCUT2D eigenvalue weighted by Gasteiger charge is 2.25. The van der Waals surface area contributed by atoms with Crippen molar-refractivity contribution in [3.63, 3.8) is 0 Å². The summed E-state index contributed by atoms with van der Waals surface area (Å²) in [5.74, 6) is 2.07. The van der Waals surface area contributed by atoms with Crippen molar-refractivity contribution in [1.29, 1.82) is 0 Å². The van der Waals surface area contributed by atoms with E-state index in [9.17, 15) is 4.79 Å². The molecule has 1 amide bonds. The van der Waals surface area contributed by atoms with E-state index in [1.165, 1.54) is 18.4 Å². The third kappa shape index (κ3) is 5.95. The third-order valence-electron chi connectivity index (χ3n) is 5.11. The Morgan fingerprint density at radius 3 is 2.81 bits per heavy atom. The van der Waals surface area contributed by atoms with E-state index in [1.807, 2.05) is 24.1 Å². The summed E-state index contributed by atoms with van der Waals surface area (Å²) in [6.07, 6.45) is 5.91. The third-order valence-corrected chi connectivity index (χ3v) is 5.11. The van der Waals surface area contributed by atoms with E-state index in [1.54, 1.807) is 7.05 Å². The number of amides is 1. The number of nitrogens with zero attached hydrogens (tertiary/aromatic N) is 4. The van der Waals surface area contributed by atoms with E-state index in [-0.39, 0.29) is 35.9 Å². The zero-order valence-electron chi connectivity index (χ0n) is 16.3. The quantitative estimate of drug-likeness (QED) is 0.379. The first kappa shape index (κ1) is 21.7. The van der Waals surface area contributed by atoms with Gasteiger partial charge in [0.1, 0.15) is 5.82 Å². The molecule has 0 aliphatic carbocycles. The number of guanidine groups is 1. The molecule has 27 heavy (non-hydrogen) atoms. The molecule has 1 aromatic heterocycles. The highest BCUT2D eigenvalue weighted by atomic mass is 127. The van der Waals surface area contributed by atoms with Crippen molar-refractivity contribution < 1.29 is 4.79 Å². The summed E-state index contributed by atoms with van der Waals surface area (Å²) in [5, 5.41) is 6.81. The number of anilines is 1. The monoisotopic (exact) mass is 486 g/mol. The van der Waals surface area contributed by atoms with Crippen LogP contribution in [0.1, 0.15) is 38.2 Å². The number of hydrogen-bond donors (Lipinski definition) is 2. The molecule has 150 valence electrons. The first-order valence-corrected chi connectivity index (χ1v) is 9.64. The van der Waals surface area contributed by atoms with E-state index in [2.05, 4.69) is 31.6 Å². The maximum Gasteiger partial charge on any atom is 0.222 e. The van der Waals surface area contributed by atoms with Crippen LogP contribution in [0.2, 0.25) is 0 Å². The number of carbonyl (C=O) groups excluding carboxylic acids is 1. The second-order valence-corrected chi connectivity index (χ2v) is 6.97. The second kappa shape index (κ2) is 10.7. The Bertz CT molecular complexity index is 647. The normalized spacial score (nSPS) is 19.8. The van der Waals surface area contributed by atoms with Gasteiger partial charge < -0.3 is 20.4 Å². The molecule has 0 radical (unpaired) electrons. The molecule has 3 rings (SSSR count). The Kier molecular flexibility index (Phi) is 8.59. The average Bonchev–Trinajstić information content (AvgIpc) is 3.36. The summed E-state index contributed by atoms with van der Waals surface area (Å²) in [5.41, 5.74) is 1.19. The Morgan fingerprint density at radius 1 is 1.33 bits per heavy atom. The molecule has 1 aromatic rings. The lowest BCUT2D eigenvalue weighted by molar-refractivity contribution is -0.129. The van der Waals surface area contributed by atoms with Gasteiger partial charge in [0.2, 0.25) is 5.91 Å². The minimum atomic E-state index is 0. The van der Waals surface area contributed by atoms with Crippen LogP contribution in [0, 0.1) is 0 Å². The number of halogens is 1. The van der Waals surface area contributed by atoms with Crippen molar-refractivity contribution >= 4 is 41.7 Å². The fourth-order valence-electron chi connectivity index (χ4n) is 3.59. The van der Waals surface area contributed by atoms with E-state index in [0.29, 0.717) is 13.0 Å². The molecule has 2 aliphatic heterocycles. The number of carbonyl (C=O) groups is 1. The van der Waals surface area contributed by atoms with Crippen molar-refractivity contribution in [3.05, 3.63) is 23.9 Å². The Hall–Kier alpha value is -1.58. The first-order chi connectivity index (χ1) is 12.7. The first-order valence-electron chi connectivity index (χ1n) is 9.64. The molecule has 2 N–H and O–H groups in total. The lowest BCUT2D eigenvalue weighted by atomic mass is 10.2. The molecule has 0 spiro atoms. The molecular weight excluding hydrogens is 455 g/mol. The summed E-state index contributed by atoms with van der Waals surface area (Å²) in [6.45, 7) is 6.39. The Morgan fingerprint density at radius 2 is 2.11 bits per heavy atom. The molecule has 1 unspecified atom stereocenters. The SMILES string of the molecule is CCC(=O)N1CCC(NC(=NC)NCc2ccnc(N3CCCC3)c2)C1.I. The van der Waals surface area contributed by atoms with Crippen LogP contribution >= 0.6 is 24.0 Å². The zero-order valence-corrected chi connectivity index (χ0v) is 18.6. The fraction of sp³-hybridized carbons (Fsp3) is 0.632. The van der Waals surface area contributed by atoms with Gasteiger partial charge in [0, 0.05) is 58.4 Å². The van der Waals surface area contributed by atoms with Crippen molar-refractivity contribution in [3.8, 4) is 0 Å². The maximum absolute atomic E-state index is 11.8. The van der Waals surface area contributed by atoms with Gasteiger partial charge in [-0.25, -0.2) is 4.98 Å². The summed E-state index contributed by atoms with van der Waals surface area (Å²) in [4.78, 5) is 24.9. The molecule has 3 heterocycles. The van der Waals surface area contributed by atoms with Crippen molar-refractivity contribution in [2.75, 3.05) is 38.1 Å². The highest BCUT2D eigenvalue weighted by Crippen LogP contribution is 2.18. The van der Waals surface area contributed by atoms with Crippen LogP contribution in [0.3, 0.4) is 0 Å². The molecule has 2 saturated heterocycles. The number of aromatic nitrogens is 1. The van der Waals surface area contributed by atoms with E-state index < -0.39 is 0 Å². The van der Waals surface area contributed by atoms with E-state index in [4.69, 9.17) is 0 Å². The molecule has 7 nitrogen and oxygen atoms in total. The predicted octanol–water partition coefficient (Wildman–Crippen LogP) is 1.98. The van der Waals surface area contributed by atoms with E-state index in [0.717, 1.165) is 44.4 Å². The zero-order chi connectivity index (χ0) is 18.4. The molecule has 2 aliphatic rings. The van der Waals surface area contributed by atoms with Crippen LogP contribution in [0.4, 0.5) is 5.82 Å². The molecule has 1 atom stereocenters. The van der Waals surface area contributed by atoms with Gasteiger partial charge in [-0.3, -0.25) is 9.79 Å². The summed E-state index contributed by atoms with van der Waals surface area (Å²) in [6, 6.07) is 4.45. The maximum atomic E-state index is 11.8. The van der Waals surface area contributed by atoms with Crippen LogP contribution in [0.5, 0.6) is 0 Å². The summed E-state index contributed by atoms with van der Waals surface area (Å²) < 4.78 is 0. The van der Waals surface area contributed by atoms with Crippen molar-refractivity contribution in [2.45, 2.75) is 45.2 Å². The minimum absolute atomic E-state index is 0. The van der Waals surface area contributed by atoms with Gasteiger partial charge in [0.15, 0.2) is 5.96 Å². The van der Waals surface area contributed by atoms with Gasteiger partial charge in [0.25, 0.3) is 0 Å². The predicted molar refractivity (Wildman–Crippen MR) is 120 cm³/mol. The molecule has 0 aromatic carbocycles. The van der Waals surface area contributed by atoms with Crippen molar-refractivity contribution in [2.24, 2.45) is 4.99 Å². The van der Waals surface area contributed by atoms with Gasteiger partial charge in [-0.15, -0.1) is 24.0 Å². The second-order valence-electron chi connectivity index (χ2n) is 6.97. The van der Waals surface area contributed by atoms with Gasteiger partial charge in [-0.1, -0.05) is 6.92 Å². The van der Waals surface area contributed by atoms with Crippen molar-refractivity contribution in [1.82, 2.24) is 20.5 Å². The van der Waals surface area contributed by atoms with Gasteiger partial charge >= 0.3 is 0 Å². The lowest BCUT2D eigenvalue weighted by Gasteiger charge is -2.19. The van der Waals surface area contributed by atoms with Gasteiger partial charge in [0.05, 0.1) is 0 Å². The molecule has 2 fully saturated rings. The van der Waals surface area contributed by atoms with Crippen LogP contribution in [-0.4, -0.2) is 61.0 Å². The number of aliphatic imine (C=N–C) groups is 1. The van der Waals surface area contributed by atoms with Gasteiger partial charge in [-0.2, -0.15) is 0 Å². The fourth-order valence-corrected chi connectivity index (χ4v) is 3.59. The lowest BCUT2D eigenvalue weighted by Crippen LogP contribution is -2.44. The number of likely N-dealkylation sites (tertiary alicyclic amines) is 1. The number of pyridine rings is 1. The summed E-state index contributed by atoms with van der Waals surface area (Å²) in [7, 11) is 1.78. The standard InChI is InChI=1S/C19H30N6O.HI/c1-3-18(26)25-11-7-16(14-25)23-19(20-2)22-13-15-6-8-21-17(12-15)24-9-4-5-10-24;/h6,8,12,16H,3-5,7,9-11,13-14H2,1-2H3,(H2,20,22,23);1H. The molecule has 0 saturated carbocycles. The smallest absolute Gasteiger partial charge is 0.222 e. The molecule has 0 bridgehead atoms. The largest absolute Gasteiger partial charge is 0.357 e. The molecular formula is C19H31IN6O. The molecule has 8 heteroatoms. The van der Waals surface area contributed by atoms with Crippen LogP contribution in [0.25, 0.3) is 0 Å². The number of nitrogens with one attached hydrogen (secondary N) is 2. The topological polar surface area (TPSA) is 72.9 Å². The van der Waals surface area contributed by atoms with Crippen LogP contribution in [0.15, 0.2) is 23.3 Å². The Labute approximate surface area is 179 Å².